The van der Waals surface area contributed by atoms with Crippen molar-refractivity contribution in [3.05, 3.63) is 23.8 Å². The van der Waals surface area contributed by atoms with Gasteiger partial charge in [0, 0.05) is 16.7 Å². The zero-order valence-corrected chi connectivity index (χ0v) is 12.7. The first kappa shape index (κ1) is 13.5. The van der Waals surface area contributed by atoms with E-state index in [0.29, 0.717) is 0 Å². The summed E-state index contributed by atoms with van der Waals surface area (Å²) in [6, 6.07) is 6.51. The summed E-state index contributed by atoms with van der Waals surface area (Å²) < 4.78 is 12.1. The Morgan fingerprint density at radius 3 is 2.47 bits per heavy atom. The maximum atomic E-state index is 6.07. The summed E-state index contributed by atoms with van der Waals surface area (Å²) >= 11 is 1.81. The molecule has 1 fully saturated rings. The molecule has 0 amide bonds. The minimum atomic E-state index is -0.291. The van der Waals surface area contributed by atoms with E-state index in [2.05, 4.69) is 45.9 Å². The van der Waals surface area contributed by atoms with Crippen molar-refractivity contribution < 1.29 is 9.31 Å². The van der Waals surface area contributed by atoms with Gasteiger partial charge >= 0.3 is 7.12 Å². The molecule has 5 heteroatoms. The Kier molecular flexibility index (Phi) is 3.02. The highest BCUT2D eigenvalue weighted by molar-refractivity contribution is 7.99. The molecule has 1 unspecified atom stereocenters. The predicted molar refractivity (Wildman–Crippen MR) is 79.8 cm³/mol. The molecule has 1 aromatic rings. The molecule has 0 aliphatic carbocycles. The van der Waals surface area contributed by atoms with Crippen LogP contribution in [0.4, 0.5) is 0 Å². The number of nitrogens with two attached hydrogens (primary N) is 1. The van der Waals surface area contributed by atoms with Gasteiger partial charge in [-0.2, -0.15) is 0 Å². The summed E-state index contributed by atoms with van der Waals surface area (Å²) in [4.78, 5) is 1.26. The van der Waals surface area contributed by atoms with Crippen LogP contribution in [0.3, 0.4) is 0 Å². The van der Waals surface area contributed by atoms with E-state index in [1.54, 1.807) is 0 Å². The summed E-state index contributed by atoms with van der Waals surface area (Å²) in [5.74, 6) is 0.960. The molecule has 2 aliphatic heterocycles. The summed E-state index contributed by atoms with van der Waals surface area (Å²) in [5.41, 5.74) is 7.79. The average molecular weight is 277 g/mol. The Labute approximate surface area is 119 Å². The van der Waals surface area contributed by atoms with E-state index in [1.807, 2.05) is 11.8 Å². The van der Waals surface area contributed by atoms with Crippen LogP contribution >= 0.6 is 11.8 Å². The zero-order valence-electron chi connectivity index (χ0n) is 11.9. The van der Waals surface area contributed by atoms with Crippen LogP contribution < -0.4 is 11.2 Å². The Morgan fingerprint density at radius 2 is 1.84 bits per heavy atom. The summed E-state index contributed by atoms with van der Waals surface area (Å²) in [6.07, 6.45) is 0. The van der Waals surface area contributed by atoms with Gasteiger partial charge in [-0.25, -0.2) is 0 Å². The second kappa shape index (κ2) is 4.25. The molecule has 1 atom stereocenters. The zero-order chi connectivity index (χ0) is 13.8. The normalized spacial score (nSPS) is 27.6. The van der Waals surface area contributed by atoms with Crippen molar-refractivity contribution in [1.82, 2.24) is 0 Å². The van der Waals surface area contributed by atoms with E-state index in [9.17, 15) is 0 Å². The number of hydrogen-bond acceptors (Lipinski definition) is 4. The molecule has 0 saturated carbocycles. The summed E-state index contributed by atoms with van der Waals surface area (Å²) in [6.45, 7) is 8.30. The van der Waals surface area contributed by atoms with Gasteiger partial charge in [0.15, 0.2) is 0 Å². The molecule has 3 rings (SSSR count). The lowest BCUT2D eigenvalue weighted by molar-refractivity contribution is 0.00578. The van der Waals surface area contributed by atoms with Gasteiger partial charge < -0.3 is 15.0 Å². The second-order valence-electron chi connectivity index (χ2n) is 6.30. The SMILES string of the molecule is CC1(C)OB(c2ccc3c(c2)SCC3N)OC1(C)C. The van der Waals surface area contributed by atoms with Crippen molar-refractivity contribution in [3.63, 3.8) is 0 Å². The van der Waals surface area contributed by atoms with Gasteiger partial charge in [0.1, 0.15) is 0 Å². The Hall–Kier alpha value is -0.485. The lowest BCUT2D eigenvalue weighted by Gasteiger charge is -2.32. The van der Waals surface area contributed by atoms with Gasteiger partial charge in [0.05, 0.1) is 11.2 Å². The van der Waals surface area contributed by atoms with E-state index in [-0.39, 0.29) is 24.4 Å². The maximum absolute atomic E-state index is 6.07. The third kappa shape index (κ3) is 2.13. The molecular weight excluding hydrogens is 257 g/mol. The molecule has 3 nitrogen and oxygen atoms in total. The molecular formula is C14H20BNO2S. The largest absolute Gasteiger partial charge is 0.494 e. The highest BCUT2D eigenvalue weighted by atomic mass is 32.2. The topological polar surface area (TPSA) is 44.5 Å². The van der Waals surface area contributed by atoms with Crippen LogP contribution in [0.1, 0.15) is 39.3 Å². The van der Waals surface area contributed by atoms with E-state index < -0.39 is 0 Å². The molecule has 1 saturated heterocycles. The number of fused-ring (bicyclic) bond motifs is 1. The van der Waals surface area contributed by atoms with Crippen molar-refractivity contribution in [2.45, 2.75) is 49.8 Å². The third-order valence-electron chi connectivity index (χ3n) is 4.38. The fourth-order valence-electron chi connectivity index (χ4n) is 2.38. The van der Waals surface area contributed by atoms with Gasteiger partial charge in [0.25, 0.3) is 0 Å². The first-order valence-corrected chi connectivity index (χ1v) is 7.67. The minimum Gasteiger partial charge on any atom is -0.399 e. The number of thioether (sulfide) groups is 1. The smallest absolute Gasteiger partial charge is 0.399 e. The summed E-state index contributed by atoms with van der Waals surface area (Å²) in [5, 5.41) is 0. The Balaban J connectivity index is 1.89. The molecule has 1 aromatic carbocycles. The van der Waals surface area contributed by atoms with Crippen molar-refractivity contribution in [2.75, 3.05) is 5.75 Å². The van der Waals surface area contributed by atoms with Crippen molar-refractivity contribution in [1.29, 1.82) is 0 Å². The van der Waals surface area contributed by atoms with Crippen LogP contribution in [0.25, 0.3) is 0 Å². The molecule has 2 N–H and O–H groups in total. The van der Waals surface area contributed by atoms with Crippen LogP contribution in [0.15, 0.2) is 23.1 Å². The van der Waals surface area contributed by atoms with E-state index in [1.165, 1.54) is 10.5 Å². The fraction of sp³-hybridized carbons (Fsp3) is 0.571. The highest BCUT2D eigenvalue weighted by Gasteiger charge is 2.51. The lowest BCUT2D eigenvalue weighted by atomic mass is 9.78. The highest BCUT2D eigenvalue weighted by Crippen LogP contribution is 2.38. The Morgan fingerprint density at radius 1 is 1.21 bits per heavy atom. The second-order valence-corrected chi connectivity index (χ2v) is 7.36. The number of rotatable bonds is 1. The molecule has 19 heavy (non-hydrogen) atoms. The van der Waals surface area contributed by atoms with Crippen molar-refractivity contribution >= 4 is 24.3 Å². The van der Waals surface area contributed by atoms with Gasteiger partial charge in [-0.05, 0) is 44.8 Å². The monoisotopic (exact) mass is 277 g/mol. The molecule has 0 spiro atoms. The minimum absolute atomic E-state index is 0.160. The average Bonchev–Trinajstić information content (AvgIpc) is 2.78. The molecule has 2 aliphatic rings. The van der Waals surface area contributed by atoms with Crippen LogP contribution in [0.2, 0.25) is 0 Å². The standard InChI is InChI=1S/C14H20BNO2S/c1-13(2)14(3,4)18-15(17-13)9-5-6-10-11(16)8-19-12(10)7-9/h5-7,11H,8,16H2,1-4H3. The number of benzene rings is 1. The molecule has 0 aromatic heterocycles. The van der Waals surface area contributed by atoms with E-state index in [0.717, 1.165) is 11.2 Å². The number of hydrogen-bond donors (Lipinski definition) is 1. The predicted octanol–water partition coefficient (Wildman–Crippen LogP) is 2.09. The molecule has 0 radical (unpaired) electrons. The first-order valence-electron chi connectivity index (χ1n) is 6.68. The van der Waals surface area contributed by atoms with Gasteiger partial charge in [-0.15, -0.1) is 11.8 Å². The molecule has 0 bridgehead atoms. The van der Waals surface area contributed by atoms with Crippen LogP contribution in [0, 0.1) is 0 Å². The molecule has 102 valence electrons. The van der Waals surface area contributed by atoms with Gasteiger partial charge in [0.2, 0.25) is 0 Å². The van der Waals surface area contributed by atoms with Crippen LogP contribution in [0.5, 0.6) is 0 Å². The quantitative estimate of drug-likeness (QED) is 0.798. The first-order chi connectivity index (χ1) is 8.80. The van der Waals surface area contributed by atoms with Gasteiger partial charge in [-0.1, -0.05) is 12.1 Å². The van der Waals surface area contributed by atoms with E-state index in [4.69, 9.17) is 15.0 Å². The third-order valence-corrected chi connectivity index (χ3v) is 5.57. The lowest BCUT2D eigenvalue weighted by Crippen LogP contribution is -2.41. The Bertz CT molecular complexity index is 502. The summed E-state index contributed by atoms with van der Waals surface area (Å²) in [7, 11) is -0.285. The van der Waals surface area contributed by atoms with Crippen molar-refractivity contribution in [2.24, 2.45) is 5.73 Å². The fourth-order valence-corrected chi connectivity index (χ4v) is 3.52. The van der Waals surface area contributed by atoms with Gasteiger partial charge in [-0.3, -0.25) is 0 Å². The van der Waals surface area contributed by atoms with Crippen molar-refractivity contribution in [3.8, 4) is 0 Å². The van der Waals surface area contributed by atoms with Crippen LogP contribution in [-0.4, -0.2) is 24.1 Å². The maximum Gasteiger partial charge on any atom is 0.494 e. The molecule has 2 heterocycles. The van der Waals surface area contributed by atoms with Crippen LogP contribution in [-0.2, 0) is 9.31 Å². The van der Waals surface area contributed by atoms with E-state index >= 15 is 0 Å².